The van der Waals surface area contributed by atoms with E-state index in [0.29, 0.717) is 12.4 Å². The van der Waals surface area contributed by atoms with E-state index in [2.05, 4.69) is 14.9 Å². The quantitative estimate of drug-likeness (QED) is 0.814. The third kappa shape index (κ3) is 3.78. The Hall–Kier alpha value is -1.05. The summed E-state index contributed by atoms with van der Waals surface area (Å²) < 4.78 is 27.9. The van der Waals surface area contributed by atoms with Gasteiger partial charge in [0.1, 0.15) is 5.82 Å². The zero-order chi connectivity index (χ0) is 17.2. The normalized spacial score (nSPS) is 23.9. The molecule has 6 nitrogen and oxygen atoms in total. The third-order valence-electron chi connectivity index (χ3n) is 5.01. The summed E-state index contributed by atoms with van der Waals surface area (Å²) in [5.41, 5.74) is 0.937. The molecule has 7 heteroatoms. The summed E-state index contributed by atoms with van der Waals surface area (Å²) in [6, 6.07) is 1.71. The average Bonchev–Trinajstić information content (AvgIpc) is 3.06. The highest BCUT2D eigenvalue weighted by Crippen LogP contribution is 2.36. The van der Waals surface area contributed by atoms with E-state index in [9.17, 15) is 8.42 Å². The van der Waals surface area contributed by atoms with Gasteiger partial charge in [-0.25, -0.2) is 18.4 Å². The van der Waals surface area contributed by atoms with Gasteiger partial charge in [0.15, 0.2) is 0 Å². The highest BCUT2D eigenvalue weighted by atomic mass is 32.2. The van der Waals surface area contributed by atoms with Gasteiger partial charge >= 0.3 is 0 Å². The smallest absolute Gasteiger partial charge is 0.217 e. The maximum atomic E-state index is 13.1. The van der Waals surface area contributed by atoms with E-state index in [4.69, 9.17) is 0 Å². The maximum absolute atomic E-state index is 13.1. The molecule has 0 spiro atoms. The molecule has 1 atom stereocenters. The van der Waals surface area contributed by atoms with Crippen molar-refractivity contribution in [2.24, 2.45) is 0 Å². The second-order valence-corrected chi connectivity index (χ2v) is 9.38. The number of rotatable bonds is 5. The van der Waals surface area contributed by atoms with E-state index >= 15 is 0 Å². The number of sulfonamides is 1. The summed E-state index contributed by atoms with van der Waals surface area (Å²) >= 11 is 0. The van der Waals surface area contributed by atoms with Gasteiger partial charge in [0.2, 0.25) is 10.0 Å². The Morgan fingerprint density at radius 1 is 1.17 bits per heavy atom. The molecule has 0 N–H and O–H groups in total. The summed E-state index contributed by atoms with van der Waals surface area (Å²) in [5, 5.41) is -0.211. The zero-order valence-electron chi connectivity index (χ0n) is 14.7. The van der Waals surface area contributed by atoms with Crippen molar-refractivity contribution in [2.45, 2.75) is 62.8 Å². The molecule has 2 aliphatic rings. The van der Waals surface area contributed by atoms with Crippen LogP contribution in [0.5, 0.6) is 0 Å². The lowest BCUT2D eigenvalue weighted by Crippen LogP contribution is -2.39. The van der Waals surface area contributed by atoms with Crippen molar-refractivity contribution in [3.05, 3.63) is 23.8 Å². The molecule has 1 saturated heterocycles. The van der Waals surface area contributed by atoms with Crippen LogP contribution < -0.4 is 0 Å². The SMILES string of the molecule is CN(C)Cc1ccnc([C@@H]2CCCN2S(=O)(=O)C2CCCCC2)n1. The molecule has 0 amide bonds. The van der Waals surface area contributed by atoms with E-state index in [1.807, 2.05) is 20.2 Å². The van der Waals surface area contributed by atoms with Gasteiger partial charge in [-0.15, -0.1) is 0 Å². The van der Waals surface area contributed by atoms with Crippen LogP contribution in [-0.4, -0.2) is 53.5 Å². The fraction of sp³-hybridized carbons (Fsp3) is 0.765. The molecule has 1 aromatic heterocycles. The highest BCUT2D eigenvalue weighted by Gasteiger charge is 2.41. The standard InChI is InChI=1S/C17H28N4O2S/c1-20(2)13-14-10-11-18-17(19-14)16-9-6-12-21(16)24(22,23)15-7-4-3-5-8-15/h10-11,15-16H,3-9,12-13H2,1-2H3/t16-/m0/s1. The van der Waals surface area contributed by atoms with Crippen LogP contribution in [0.2, 0.25) is 0 Å². The molecule has 2 fully saturated rings. The lowest BCUT2D eigenvalue weighted by atomic mass is 10.0. The van der Waals surface area contributed by atoms with Crippen LogP contribution in [-0.2, 0) is 16.6 Å². The molecule has 3 rings (SSSR count). The number of nitrogens with zero attached hydrogens (tertiary/aromatic N) is 4. The second kappa shape index (κ2) is 7.45. The molecule has 1 saturated carbocycles. The predicted molar refractivity (Wildman–Crippen MR) is 93.9 cm³/mol. The topological polar surface area (TPSA) is 66.4 Å². The van der Waals surface area contributed by atoms with Crippen LogP contribution in [0.1, 0.15) is 62.5 Å². The van der Waals surface area contributed by atoms with Crippen LogP contribution in [0, 0.1) is 0 Å². The fourth-order valence-electron chi connectivity index (χ4n) is 3.84. The summed E-state index contributed by atoms with van der Waals surface area (Å²) in [4.78, 5) is 11.1. The zero-order valence-corrected chi connectivity index (χ0v) is 15.5. The Labute approximate surface area is 145 Å². The monoisotopic (exact) mass is 352 g/mol. The largest absolute Gasteiger partial charge is 0.304 e. The molecular weight excluding hydrogens is 324 g/mol. The van der Waals surface area contributed by atoms with E-state index < -0.39 is 10.0 Å². The Balaban J connectivity index is 1.82. The molecule has 1 aliphatic carbocycles. The Morgan fingerprint density at radius 3 is 2.62 bits per heavy atom. The average molecular weight is 353 g/mol. The van der Waals surface area contributed by atoms with Gasteiger partial charge < -0.3 is 4.90 Å². The van der Waals surface area contributed by atoms with Gasteiger partial charge in [-0.05, 0) is 45.8 Å². The lowest BCUT2D eigenvalue weighted by Gasteiger charge is -2.30. The van der Waals surface area contributed by atoms with Crippen LogP contribution >= 0.6 is 0 Å². The summed E-state index contributed by atoms with van der Waals surface area (Å²) in [6.07, 6.45) is 8.26. The Bertz CT molecular complexity index is 656. The minimum atomic E-state index is -3.25. The van der Waals surface area contributed by atoms with Crippen molar-refractivity contribution in [3.63, 3.8) is 0 Å². The van der Waals surface area contributed by atoms with Gasteiger partial charge in [-0.2, -0.15) is 4.31 Å². The molecular formula is C17H28N4O2S. The van der Waals surface area contributed by atoms with E-state index in [-0.39, 0.29) is 11.3 Å². The van der Waals surface area contributed by atoms with Crippen LogP contribution in [0.4, 0.5) is 0 Å². The summed E-state index contributed by atoms with van der Waals surface area (Å²) in [6.45, 7) is 1.34. The molecule has 1 aliphatic heterocycles. The van der Waals surface area contributed by atoms with Crippen LogP contribution in [0.25, 0.3) is 0 Å². The number of hydrogen-bond acceptors (Lipinski definition) is 5. The molecule has 134 valence electrons. The van der Waals surface area contributed by atoms with Gasteiger partial charge in [0.05, 0.1) is 17.0 Å². The van der Waals surface area contributed by atoms with E-state index in [1.54, 1.807) is 10.5 Å². The van der Waals surface area contributed by atoms with Gasteiger partial charge in [-0.3, -0.25) is 0 Å². The number of hydrogen-bond donors (Lipinski definition) is 0. The van der Waals surface area contributed by atoms with Crippen molar-refractivity contribution in [1.29, 1.82) is 0 Å². The van der Waals surface area contributed by atoms with Crippen molar-refractivity contribution >= 4 is 10.0 Å². The van der Waals surface area contributed by atoms with Gasteiger partial charge in [0.25, 0.3) is 0 Å². The van der Waals surface area contributed by atoms with Crippen LogP contribution in [0.15, 0.2) is 12.3 Å². The lowest BCUT2D eigenvalue weighted by molar-refractivity contribution is 0.360. The first-order chi connectivity index (χ1) is 11.5. The Kier molecular flexibility index (Phi) is 5.52. The molecule has 0 radical (unpaired) electrons. The van der Waals surface area contributed by atoms with Crippen molar-refractivity contribution in [1.82, 2.24) is 19.2 Å². The minimum Gasteiger partial charge on any atom is -0.304 e. The first kappa shape index (κ1) is 17.8. The van der Waals surface area contributed by atoms with Crippen molar-refractivity contribution < 1.29 is 8.42 Å². The highest BCUT2D eigenvalue weighted by molar-refractivity contribution is 7.89. The van der Waals surface area contributed by atoms with E-state index in [1.165, 1.54) is 0 Å². The third-order valence-corrected chi connectivity index (χ3v) is 7.42. The summed E-state index contributed by atoms with van der Waals surface area (Å²) in [5.74, 6) is 0.659. The molecule has 2 heterocycles. The molecule has 1 aromatic rings. The predicted octanol–water partition coefficient (Wildman–Crippen LogP) is 2.34. The number of aromatic nitrogens is 2. The van der Waals surface area contributed by atoms with Crippen LogP contribution in [0.3, 0.4) is 0 Å². The Morgan fingerprint density at radius 2 is 1.92 bits per heavy atom. The molecule has 24 heavy (non-hydrogen) atoms. The maximum Gasteiger partial charge on any atom is 0.217 e. The first-order valence-corrected chi connectivity index (χ1v) is 10.5. The molecule has 0 unspecified atom stereocenters. The van der Waals surface area contributed by atoms with Crippen molar-refractivity contribution in [2.75, 3.05) is 20.6 Å². The first-order valence-electron chi connectivity index (χ1n) is 8.95. The van der Waals surface area contributed by atoms with E-state index in [0.717, 1.165) is 57.2 Å². The van der Waals surface area contributed by atoms with Crippen molar-refractivity contribution in [3.8, 4) is 0 Å². The summed E-state index contributed by atoms with van der Waals surface area (Å²) in [7, 11) is 0.742. The van der Waals surface area contributed by atoms with Gasteiger partial charge in [-0.1, -0.05) is 19.3 Å². The fourth-order valence-corrected chi connectivity index (χ4v) is 6.09. The molecule has 0 aromatic carbocycles. The van der Waals surface area contributed by atoms with Gasteiger partial charge in [0, 0.05) is 19.3 Å². The minimum absolute atomic E-state index is 0.195. The molecule has 0 bridgehead atoms. The second-order valence-electron chi connectivity index (χ2n) is 7.22.